The third-order valence-electron chi connectivity index (χ3n) is 6.20. The van der Waals surface area contributed by atoms with Gasteiger partial charge in [0, 0.05) is 44.5 Å². The maximum Gasteiger partial charge on any atom is 0.253 e. The quantitative estimate of drug-likeness (QED) is 0.797. The van der Waals surface area contributed by atoms with E-state index in [2.05, 4.69) is 10.3 Å². The molecule has 1 aromatic carbocycles. The molecule has 7 nitrogen and oxygen atoms in total. The van der Waals surface area contributed by atoms with Gasteiger partial charge in [-0.25, -0.2) is 0 Å². The predicted molar refractivity (Wildman–Crippen MR) is 109 cm³/mol. The largest absolute Gasteiger partial charge is 0.342 e. The van der Waals surface area contributed by atoms with Gasteiger partial charge >= 0.3 is 0 Å². The van der Waals surface area contributed by atoms with Crippen LogP contribution in [0.4, 0.5) is 0 Å². The summed E-state index contributed by atoms with van der Waals surface area (Å²) in [6.07, 6.45) is 7.32. The number of rotatable bonds is 4. The summed E-state index contributed by atoms with van der Waals surface area (Å²) in [4.78, 5) is 29.8. The summed E-state index contributed by atoms with van der Waals surface area (Å²) in [5.74, 6) is 0.705. The van der Waals surface area contributed by atoms with Crippen LogP contribution in [0.15, 0.2) is 36.7 Å². The average Bonchev–Trinajstić information content (AvgIpc) is 3.27. The highest BCUT2D eigenvalue weighted by Crippen LogP contribution is 2.25. The van der Waals surface area contributed by atoms with E-state index in [1.807, 2.05) is 51.9 Å². The van der Waals surface area contributed by atoms with Crippen LogP contribution < -0.4 is 0 Å². The van der Waals surface area contributed by atoms with Crippen LogP contribution in [0.2, 0.25) is 0 Å². The highest BCUT2D eigenvalue weighted by molar-refractivity contribution is 5.94. The second-order valence-electron chi connectivity index (χ2n) is 8.35. The van der Waals surface area contributed by atoms with Gasteiger partial charge in [0.15, 0.2) is 0 Å². The van der Waals surface area contributed by atoms with Crippen molar-refractivity contribution in [1.29, 1.82) is 0 Å². The van der Waals surface area contributed by atoms with Crippen LogP contribution in [0.1, 0.15) is 41.6 Å². The minimum absolute atomic E-state index is 0.0361. The molecule has 7 heteroatoms. The number of aromatic nitrogens is 3. The van der Waals surface area contributed by atoms with Gasteiger partial charge in [0.1, 0.15) is 0 Å². The molecule has 0 bridgehead atoms. The standard InChI is InChI=1S/C22H29N5O2/c1-17-4-6-19(7-5-17)21(28)26-11-2-3-20(16-26)22(29)25-12-8-18(9-13-25)15-27-14-10-23-24-27/h4-7,10,14,18,20H,2-3,8-9,11-13,15-16H2,1H3. The van der Waals surface area contributed by atoms with Gasteiger partial charge in [0.2, 0.25) is 5.91 Å². The number of piperidine rings is 2. The van der Waals surface area contributed by atoms with Gasteiger partial charge in [0.25, 0.3) is 5.91 Å². The first-order valence-electron chi connectivity index (χ1n) is 10.6. The van der Waals surface area contributed by atoms with E-state index < -0.39 is 0 Å². The zero-order valence-corrected chi connectivity index (χ0v) is 17.0. The van der Waals surface area contributed by atoms with Crippen molar-refractivity contribution in [3.8, 4) is 0 Å². The van der Waals surface area contributed by atoms with E-state index in [0.717, 1.165) is 57.4 Å². The van der Waals surface area contributed by atoms with Gasteiger partial charge in [-0.3, -0.25) is 14.3 Å². The van der Waals surface area contributed by atoms with Gasteiger partial charge < -0.3 is 9.80 Å². The third kappa shape index (κ3) is 4.66. The Bertz CT molecular complexity index is 825. The molecule has 1 atom stereocenters. The SMILES string of the molecule is Cc1ccc(C(=O)N2CCCC(C(=O)N3CCC(Cn4ccnn4)CC3)C2)cc1. The number of amides is 2. The fourth-order valence-corrected chi connectivity index (χ4v) is 4.43. The number of hydrogen-bond acceptors (Lipinski definition) is 4. The van der Waals surface area contributed by atoms with Crippen LogP contribution in [-0.2, 0) is 11.3 Å². The van der Waals surface area contributed by atoms with E-state index in [9.17, 15) is 9.59 Å². The highest BCUT2D eigenvalue weighted by Gasteiger charge is 2.33. The summed E-state index contributed by atoms with van der Waals surface area (Å²) in [6.45, 7) is 5.73. The lowest BCUT2D eigenvalue weighted by molar-refractivity contribution is -0.138. The van der Waals surface area contributed by atoms with Crippen LogP contribution in [0.3, 0.4) is 0 Å². The molecule has 4 rings (SSSR count). The second kappa shape index (κ2) is 8.76. The van der Waals surface area contributed by atoms with Crippen molar-refractivity contribution in [3.63, 3.8) is 0 Å². The normalized spacial score (nSPS) is 20.7. The molecular weight excluding hydrogens is 366 g/mol. The lowest BCUT2D eigenvalue weighted by Crippen LogP contribution is -2.48. The van der Waals surface area contributed by atoms with Crippen LogP contribution in [0, 0.1) is 18.8 Å². The molecular formula is C22H29N5O2. The third-order valence-corrected chi connectivity index (χ3v) is 6.20. The summed E-state index contributed by atoms with van der Waals surface area (Å²) >= 11 is 0. The van der Waals surface area contributed by atoms with Crippen molar-refractivity contribution < 1.29 is 9.59 Å². The van der Waals surface area contributed by atoms with E-state index in [-0.39, 0.29) is 17.7 Å². The summed E-state index contributed by atoms with van der Waals surface area (Å²) in [7, 11) is 0. The molecule has 0 spiro atoms. The molecule has 0 radical (unpaired) electrons. The number of hydrogen-bond donors (Lipinski definition) is 0. The number of nitrogens with zero attached hydrogens (tertiary/aromatic N) is 5. The van der Waals surface area contributed by atoms with E-state index in [1.54, 1.807) is 6.20 Å². The molecule has 1 unspecified atom stereocenters. The van der Waals surface area contributed by atoms with E-state index in [1.165, 1.54) is 0 Å². The summed E-state index contributed by atoms with van der Waals surface area (Å²) < 4.78 is 1.87. The minimum Gasteiger partial charge on any atom is -0.342 e. The minimum atomic E-state index is -0.0787. The van der Waals surface area contributed by atoms with Gasteiger partial charge in [-0.1, -0.05) is 22.9 Å². The maximum absolute atomic E-state index is 13.1. The molecule has 154 valence electrons. The van der Waals surface area contributed by atoms with Gasteiger partial charge in [-0.2, -0.15) is 0 Å². The van der Waals surface area contributed by atoms with E-state index >= 15 is 0 Å². The molecule has 2 amide bonds. The first-order chi connectivity index (χ1) is 14.1. The van der Waals surface area contributed by atoms with Crippen molar-refractivity contribution in [2.24, 2.45) is 11.8 Å². The number of carbonyl (C=O) groups is 2. The molecule has 2 fully saturated rings. The smallest absolute Gasteiger partial charge is 0.253 e. The molecule has 29 heavy (non-hydrogen) atoms. The Labute approximate surface area is 171 Å². The topological polar surface area (TPSA) is 71.3 Å². The van der Waals surface area contributed by atoms with Crippen molar-refractivity contribution in [3.05, 3.63) is 47.8 Å². The summed E-state index contributed by atoms with van der Waals surface area (Å²) in [5, 5.41) is 7.90. The number of likely N-dealkylation sites (tertiary alicyclic amines) is 2. The fourth-order valence-electron chi connectivity index (χ4n) is 4.43. The van der Waals surface area contributed by atoms with E-state index in [4.69, 9.17) is 0 Å². The van der Waals surface area contributed by atoms with Crippen molar-refractivity contribution in [2.45, 2.75) is 39.2 Å². The van der Waals surface area contributed by atoms with Gasteiger partial charge in [-0.15, -0.1) is 5.10 Å². The Morgan fingerprint density at radius 3 is 2.48 bits per heavy atom. The Morgan fingerprint density at radius 2 is 1.79 bits per heavy atom. The number of carbonyl (C=O) groups excluding carboxylic acids is 2. The van der Waals surface area contributed by atoms with Crippen molar-refractivity contribution >= 4 is 11.8 Å². The van der Waals surface area contributed by atoms with Crippen LogP contribution in [0.25, 0.3) is 0 Å². The Balaban J connectivity index is 1.31. The molecule has 2 saturated heterocycles. The van der Waals surface area contributed by atoms with Crippen molar-refractivity contribution in [1.82, 2.24) is 24.8 Å². The summed E-state index contributed by atoms with van der Waals surface area (Å²) in [6, 6.07) is 7.68. The number of benzene rings is 1. The Kier molecular flexibility index (Phi) is 5.92. The molecule has 3 heterocycles. The molecule has 2 aromatic rings. The molecule has 0 saturated carbocycles. The zero-order valence-electron chi connectivity index (χ0n) is 17.0. The van der Waals surface area contributed by atoms with Crippen LogP contribution >= 0.6 is 0 Å². The Hall–Kier alpha value is -2.70. The van der Waals surface area contributed by atoms with Crippen LogP contribution in [-0.4, -0.2) is 62.8 Å². The molecule has 2 aliphatic rings. The predicted octanol–water partition coefficient (Wildman–Crippen LogP) is 2.38. The highest BCUT2D eigenvalue weighted by atomic mass is 16.2. The van der Waals surface area contributed by atoms with Gasteiger partial charge in [-0.05, 0) is 50.7 Å². The van der Waals surface area contributed by atoms with Crippen LogP contribution in [0.5, 0.6) is 0 Å². The zero-order chi connectivity index (χ0) is 20.2. The lowest BCUT2D eigenvalue weighted by Gasteiger charge is -2.38. The monoisotopic (exact) mass is 395 g/mol. The first kappa shape index (κ1) is 19.6. The average molecular weight is 396 g/mol. The lowest BCUT2D eigenvalue weighted by atomic mass is 9.92. The molecule has 0 N–H and O–H groups in total. The van der Waals surface area contributed by atoms with Gasteiger partial charge in [0.05, 0.1) is 12.1 Å². The Morgan fingerprint density at radius 1 is 1.03 bits per heavy atom. The summed E-state index contributed by atoms with van der Waals surface area (Å²) in [5.41, 5.74) is 1.85. The molecule has 1 aromatic heterocycles. The van der Waals surface area contributed by atoms with E-state index in [0.29, 0.717) is 18.0 Å². The molecule has 0 aliphatic carbocycles. The second-order valence-corrected chi connectivity index (χ2v) is 8.35. The van der Waals surface area contributed by atoms with Crippen molar-refractivity contribution in [2.75, 3.05) is 26.2 Å². The molecule has 2 aliphatic heterocycles. The maximum atomic E-state index is 13.1. The first-order valence-corrected chi connectivity index (χ1v) is 10.6. The fraction of sp³-hybridized carbons (Fsp3) is 0.545. The number of aryl methyl sites for hydroxylation is 1.